The van der Waals surface area contributed by atoms with E-state index in [0.717, 1.165) is 24.0 Å². The molecule has 116 valence electrons. The maximum atomic E-state index is 12.4. The fourth-order valence-electron chi connectivity index (χ4n) is 2.70. The zero-order chi connectivity index (χ0) is 15.6. The molecule has 1 aliphatic heterocycles. The Morgan fingerprint density at radius 1 is 1.43 bits per heavy atom. The van der Waals surface area contributed by atoms with Crippen molar-refractivity contribution >= 4 is 5.91 Å². The molecule has 1 fully saturated rings. The minimum absolute atomic E-state index is 0.0277. The number of piperidine rings is 1. The van der Waals surface area contributed by atoms with Gasteiger partial charge in [0.25, 0.3) is 5.56 Å². The van der Waals surface area contributed by atoms with Crippen LogP contribution in [-0.4, -0.2) is 40.1 Å². The van der Waals surface area contributed by atoms with Gasteiger partial charge in [0, 0.05) is 33.9 Å². The van der Waals surface area contributed by atoms with Crippen LogP contribution in [0, 0.1) is 5.92 Å². The molecule has 0 saturated carbocycles. The highest BCUT2D eigenvalue weighted by atomic mass is 16.2. The molecule has 7 nitrogen and oxygen atoms in total. The second kappa shape index (κ2) is 6.26. The van der Waals surface area contributed by atoms with Crippen LogP contribution >= 0.6 is 0 Å². The lowest BCUT2D eigenvalue weighted by molar-refractivity contribution is -0.135. The smallest absolute Gasteiger partial charge is 0.330 e. The number of nitrogens with one attached hydrogen (secondary N) is 1. The normalized spacial score (nSPS) is 18.5. The summed E-state index contributed by atoms with van der Waals surface area (Å²) in [4.78, 5) is 37.6. The summed E-state index contributed by atoms with van der Waals surface area (Å²) in [6.07, 6.45) is 3.38. The molecule has 1 aromatic heterocycles. The molecule has 2 rings (SSSR count). The summed E-state index contributed by atoms with van der Waals surface area (Å²) < 4.78 is 2.42. The van der Waals surface area contributed by atoms with Gasteiger partial charge in [0.15, 0.2) is 0 Å². The van der Waals surface area contributed by atoms with E-state index in [-0.39, 0.29) is 29.6 Å². The topological polar surface area (TPSA) is 76.3 Å². The molecule has 21 heavy (non-hydrogen) atoms. The number of nitrogens with zero attached hydrogens (tertiary/aromatic N) is 3. The Kier molecular flexibility index (Phi) is 4.62. The molecule has 0 bridgehead atoms. The summed E-state index contributed by atoms with van der Waals surface area (Å²) in [6, 6.07) is 0. The monoisotopic (exact) mass is 294 g/mol. The molecule has 0 aromatic carbocycles. The highest BCUT2D eigenvalue weighted by molar-refractivity contribution is 5.78. The van der Waals surface area contributed by atoms with Crippen LogP contribution < -0.4 is 16.6 Å². The van der Waals surface area contributed by atoms with Gasteiger partial charge >= 0.3 is 5.69 Å². The van der Waals surface area contributed by atoms with Crippen LogP contribution in [0.5, 0.6) is 0 Å². The van der Waals surface area contributed by atoms with E-state index >= 15 is 0 Å². The second-order valence-electron chi connectivity index (χ2n) is 5.65. The van der Waals surface area contributed by atoms with Crippen molar-refractivity contribution in [2.45, 2.75) is 19.4 Å². The van der Waals surface area contributed by atoms with Crippen molar-refractivity contribution in [1.29, 1.82) is 0 Å². The van der Waals surface area contributed by atoms with E-state index in [9.17, 15) is 14.4 Å². The summed E-state index contributed by atoms with van der Waals surface area (Å²) in [5.74, 6) is 0.0123. The number of hydrogen-bond donors (Lipinski definition) is 1. The highest BCUT2D eigenvalue weighted by Gasteiger charge is 2.24. The van der Waals surface area contributed by atoms with Crippen LogP contribution in [-0.2, 0) is 25.4 Å². The highest BCUT2D eigenvalue weighted by Crippen LogP contribution is 2.13. The Hall–Kier alpha value is -1.89. The fourth-order valence-corrected chi connectivity index (χ4v) is 2.70. The Bertz CT molecular complexity index is 641. The molecular formula is C14H22N4O3. The van der Waals surface area contributed by atoms with E-state index in [1.807, 2.05) is 0 Å². The summed E-state index contributed by atoms with van der Waals surface area (Å²) in [5.41, 5.74) is -0.270. The molecule has 0 aliphatic carbocycles. The SMILES string of the molecule is CN(Cc1cn(C)c(=O)n(C)c1=O)C(=O)[C@H]1CCCNC1. The van der Waals surface area contributed by atoms with Gasteiger partial charge in [-0.05, 0) is 19.4 Å². The van der Waals surface area contributed by atoms with Crippen LogP contribution in [0.4, 0.5) is 0 Å². The van der Waals surface area contributed by atoms with E-state index < -0.39 is 0 Å². The minimum atomic E-state index is -0.366. The van der Waals surface area contributed by atoms with Gasteiger partial charge in [-0.15, -0.1) is 0 Å². The number of rotatable bonds is 3. The minimum Gasteiger partial charge on any atom is -0.341 e. The van der Waals surface area contributed by atoms with E-state index in [1.165, 1.54) is 17.8 Å². The van der Waals surface area contributed by atoms with Gasteiger partial charge in [0.2, 0.25) is 5.91 Å². The molecular weight excluding hydrogens is 272 g/mol. The number of aryl methyl sites for hydroxylation is 1. The maximum Gasteiger partial charge on any atom is 0.330 e. The number of carbonyl (C=O) groups excluding carboxylic acids is 1. The summed E-state index contributed by atoms with van der Waals surface area (Å²) >= 11 is 0. The predicted molar refractivity (Wildman–Crippen MR) is 79.0 cm³/mol. The number of aromatic nitrogens is 2. The van der Waals surface area contributed by atoms with Crippen molar-refractivity contribution in [3.63, 3.8) is 0 Å². The first-order valence-corrected chi connectivity index (χ1v) is 7.13. The van der Waals surface area contributed by atoms with Gasteiger partial charge in [-0.3, -0.25) is 14.2 Å². The summed E-state index contributed by atoms with van der Waals surface area (Å²) in [5, 5.41) is 3.21. The third-order valence-electron chi connectivity index (χ3n) is 3.95. The zero-order valence-electron chi connectivity index (χ0n) is 12.8. The number of hydrogen-bond acceptors (Lipinski definition) is 4. The molecule has 0 unspecified atom stereocenters. The maximum absolute atomic E-state index is 12.4. The Morgan fingerprint density at radius 2 is 2.14 bits per heavy atom. The van der Waals surface area contributed by atoms with Gasteiger partial charge in [0.1, 0.15) is 0 Å². The Balaban J connectivity index is 2.16. The molecule has 1 aromatic rings. The third kappa shape index (κ3) is 3.24. The first-order valence-electron chi connectivity index (χ1n) is 7.13. The van der Waals surface area contributed by atoms with Crippen molar-refractivity contribution < 1.29 is 4.79 Å². The second-order valence-corrected chi connectivity index (χ2v) is 5.65. The van der Waals surface area contributed by atoms with Crippen molar-refractivity contribution in [2.24, 2.45) is 20.0 Å². The number of carbonyl (C=O) groups is 1. The van der Waals surface area contributed by atoms with E-state index in [4.69, 9.17) is 0 Å². The molecule has 1 N–H and O–H groups in total. The lowest BCUT2D eigenvalue weighted by atomic mass is 9.98. The Morgan fingerprint density at radius 3 is 2.76 bits per heavy atom. The molecule has 7 heteroatoms. The standard InChI is InChI=1S/C14H22N4O3/c1-16(12(19)10-5-4-6-15-7-10)8-11-9-17(2)14(21)18(3)13(11)20/h9-10,15H,4-8H2,1-3H3/t10-/m0/s1. The molecule has 1 amide bonds. The predicted octanol–water partition coefficient (Wildman–Crippen LogP) is -0.958. The average molecular weight is 294 g/mol. The van der Waals surface area contributed by atoms with Crippen LogP contribution in [0.2, 0.25) is 0 Å². The van der Waals surface area contributed by atoms with Crippen LogP contribution in [0.25, 0.3) is 0 Å². The molecule has 2 heterocycles. The Labute approximate surface area is 123 Å². The molecule has 1 atom stereocenters. The van der Waals surface area contributed by atoms with Crippen molar-refractivity contribution in [2.75, 3.05) is 20.1 Å². The van der Waals surface area contributed by atoms with Gasteiger partial charge in [-0.2, -0.15) is 0 Å². The lowest BCUT2D eigenvalue weighted by Crippen LogP contribution is -2.43. The summed E-state index contributed by atoms with van der Waals surface area (Å²) in [7, 11) is 4.74. The first kappa shape index (κ1) is 15.5. The van der Waals surface area contributed by atoms with Gasteiger partial charge in [-0.25, -0.2) is 4.79 Å². The van der Waals surface area contributed by atoms with Gasteiger partial charge < -0.3 is 14.8 Å². The van der Waals surface area contributed by atoms with Crippen molar-refractivity contribution in [1.82, 2.24) is 19.4 Å². The zero-order valence-corrected chi connectivity index (χ0v) is 12.8. The van der Waals surface area contributed by atoms with Crippen LogP contribution in [0.1, 0.15) is 18.4 Å². The van der Waals surface area contributed by atoms with Gasteiger partial charge in [-0.1, -0.05) is 0 Å². The lowest BCUT2D eigenvalue weighted by Gasteiger charge is -2.27. The van der Waals surface area contributed by atoms with Crippen molar-refractivity contribution in [3.8, 4) is 0 Å². The average Bonchev–Trinajstić information content (AvgIpc) is 2.50. The molecule has 1 saturated heterocycles. The number of amides is 1. The summed E-state index contributed by atoms with van der Waals surface area (Å²) in [6.45, 7) is 1.86. The van der Waals surface area contributed by atoms with E-state index in [1.54, 1.807) is 19.0 Å². The largest absolute Gasteiger partial charge is 0.341 e. The molecule has 0 radical (unpaired) electrons. The third-order valence-corrected chi connectivity index (χ3v) is 3.95. The molecule has 0 spiro atoms. The van der Waals surface area contributed by atoms with E-state index in [2.05, 4.69) is 5.32 Å². The quantitative estimate of drug-likeness (QED) is 0.779. The fraction of sp³-hybridized carbons (Fsp3) is 0.643. The molecule has 1 aliphatic rings. The van der Waals surface area contributed by atoms with E-state index in [0.29, 0.717) is 12.1 Å². The van der Waals surface area contributed by atoms with Crippen LogP contribution in [0.15, 0.2) is 15.8 Å². The first-order chi connectivity index (χ1) is 9.91. The van der Waals surface area contributed by atoms with Crippen LogP contribution in [0.3, 0.4) is 0 Å². The van der Waals surface area contributed by atoms with Gasteiger partial charge in [0.05, 0.1) is 18.0 Å². The van der Waals surface area contributed by atoms with Crippen molar-refractivity contribution in [3.05, 3.63) is 32.6 Å².